The molecular formula is C9H10FNO3. The second-order valence-corrected chi connectivity index (χ2v) is 2.59. The summed E-state index contributed by atoms with van der Waals surface area (Å²) < 4.78 is 17.7. The van der Waals surface area contributed by atoms with Crippen molar-refractivity contribution in [1.82, 2.24) is 5.48 Å². The average molecular weight is 199 g/mol. The maximum absolute atomic E-state index is 12.6. The van der Waals surface area contributed by atoms with E-state index in [4.69, 9.17) is 9.94 Å². The molecule has 14 heavy (non-hydrogen) atoms. The van der Waals surface area contributed by atoms with Crippen molar-refractivity contribution in [2.24, 2.45) is 0 Å². The van der Waals surface area contributed by atoms with E-state index in [-0.39, 0.29) is 13.0 Å². The van der Waals surface area contributed by atoms with Crippen LogP contribution in [0.5, 0.6) is 5.75 Å². The number of rotatable bonds is 4. The summed E-state index contributed by atoms with van der Waals surface area (Å²) in [4.78, 5) is 10.6. The Morgan fingerprint density at radius 3 is 3.00 bits per heavy atom. The van der Waals surface area contributed by atoms with Gasteiger partial charge in [0.25, 0.3) is 0 Å². The number of nitrogens with one attached hydrogen (secondary N) is 1. The number of benzene rings is 1. The van der Waals surface area contributed by atoms with Crippen molar-refractivity contribution in [3.8, 4) is 5.75 Å². The molecule has 1 rings (SSSR count). The van der Waals surface area contributed by atoms with Crippen molar-refractivity contribution in [2.45, 2.75) is 6.42 Å². The summed E-state index contributed by atoms with van der Waals surface area (Å²) in [6.45, 7) is 0.0931. The van der Waals surface area contributed by atoms with Gasteiger partial charge >= 0.3 is 0 Å². The fourth-order valence-electron chi connectivity index (χ4n) is 0.874. The molecule has 0 aromatic heterocycles. The number of amides is 1. The van der Waals surface area contributed by atoms with Crippen LogP contribution in [-0.2, 0) is 4.79 Å². The predicted octanol–water partition coefficient (Wildman–Crippen LogP) is 1.10. The number of hydrogen-bond donors (Lipinski definition) is 2. The zero-order chi connectivity index (χ0) is 10.4. The number of hydroxylamine groups is 1. The lowest BCUT2D eigenvalue weighted by atomic mass is 10.3. The van der Waals surface area contributed by atoms with Crippen LogP contribution in [0.25, 0.3) is 0 Å². The van der Waals surface area contributed by atoms with Crippen LogP contribution < -0.4 is 10.2 Å². The fraction of sp³-hybridized carbons (Fsp3) is 0.222. The number of halogens is 1. The summed E-state index contributed by atoms with van der Waals surface area (Å²) in [7, 11) is 0. The van der Waals surface area contributed by atoms with Crippen LogP contribution in [0.4, 0.5) is 4.39 Å². The minimum Gasteiger partial charge on any atom is -0.493 e. The van der Waals surface area contributed by atoms with Gasteiger partial charge in [0.1, 0.15) is 11.6 Å². The minimum absolute atomic E-state index is 0.0208. The van der Waals surface area contributed by atoms with Crippen LogP contribution in [0, 0.1) is 5.82 Å². The van der Waals surface area contributed by atoms with Gasteiger partial charge in [-0.25, -0.2) is 9.87 Å². The summed E-state index contributed by atoms with van der Waals surface area (Å²) in [5.74, 6) is -0.578. The SMILES string of the molecule is O=C(CCOc1cccc(F)c1)NO. The van der Waals surface area contributed by atoms with E-state index < -0.39 is 11.7 Å². The molecule has 2 N–H and O–H groups in total. The van der Waals surface area contributed by atoms with E-state index in [9.17, 15) is 9.18 Å². The normalized spacial score (nSPS) is 9.57. The molecule has 5 heteroatoms. The molecular weight excluding hydrogens is 189 g/mol. The van der Waals surface area contributed by atoms with Gasteiger partial charge in [0, 0.05) is 6.07 Å². The lowest BCUT2D eigenvalue weighted by Crippen LogP contribution is -2.20. The minimum atomic E-state index is -0.540. The molecule has 0 heterocycles. The van der Waals surface area contributed by atoms with Crippen molar-refractivity contribution < 1.29 is 19.1 Å². The van der Waals surface area contributed by atoms with Gasteiger partial charge in [0.05, 0.1) is 13.0 Å². The lowest BCUT2D eigenvalue weighted by molar-refractivity contribution is -0.129. The third-order valence-electron chi connectivity index (χ3n) is 1.52. The summed E-state index contributed by atoms with van der Waals surface area (Å²) in [5.41, 5.74) is 1.47. The van der Waals surface area contributed by atoms with Gasteiger partial charge in [-0.05, 0) is 12.1 Å². The zero-order valence-corrected chi connectivity index (χ0v) is 7.37. The van der Waals surface area contributed by atoms with Gasteiger partial charge in [-0.15, -0.1) is 0 Å². The second-order valence-electron chi connectivity index (χ2n) is 2.59. The maximum Gasteiger partial charge on any atom is 0.246 e. The average Bonchev–Trinajstić information content (AvgIpc) is 2.17. The highest BCUT2D eigenvalue weighted by atomic mass is 19.1. The van der Waals surface area contributed by atoms with Gasteiger partial charge < -0.3 is 4.74 Å². The molecule has 0 fully saturated rings. The van der Waals surface area contributed by atoms with Crippen LogP contribution in [0.1, 0.15) is 6.42 Å². The Hall–Kier alpha value is -1.62. The Morgan fingerprint density at radius 1 is 1.57 bits per heavy atom. The maximum atomic E-state index is 12.6. The molecule has 0 aliphatic heterocycles. The van der Waals surface area contributed by atoms with E-state index >= 15 is 0 Å². The third kappa shape index (κ3) is 3.40. The first-order valence-electron chi connectivity index (χ1n) is 4.03. The summed E-state index contributed by atoms with van der Waals surface area (Å²) in [6, 6.07) is 5.61. The highest BCUT2D eigenvalue weighted by Gasteiger charge is 2.00. The Morgan fingerprint density at radius 2 is 2.36 bits per heavy atom. The van der Waals surface area contributed by atoms with Crippen LogP contribution in [0.3, 0.4) is 0 Å². The molecule has 0 saturated carbocycles. The van der Waals surface area contributed by atoms with Gasteiger partial charge in [-0.3, -0.25) is 10.0 Å². The standard InChI is InChI=1S/C9H10FNO3/c10-7-2-1-3-8(6-7)14-5-4-9(12)11-13/h1-3,6,13H,4-5H2,(H,11,12). The first-order valence-corrected chi connectivity index (χ1v) is 4.03. The smallest absolute Gasteiger partial charge is 0.246 e. The first kappa shape index (κ1) is 10.5. The van der Waals surface area contributed by atoms with Crippen molar-refractivity contribution in [3.63, 3.8) is 0 Å². The highest BCUT2D eigenvalue weighted by Crippen LogP contribution is 2.11. The Labute approximate surface area is 80.3 Å². The molecule has 1 amide bonds. The second kappa shape index (κ2) is 5.18. The Balaban J connectivity index is 2.35. The molecule has 76 valence electrons. The monoisotopic (exact) mass is 199 g/mol. The molecule has 0 unspecified atom stereocenters. The molecule has 0 saturated heterocycles. The van der Waals surface area contributed by atoms with E-state index in [1.54, 1.807) is 6.07 Å². The Bertz CT molecular complexity index is 317. The van der Waals surface area contributed by atoms with Gasteiger partial charge in [-0.2, -0.15) is 0 Å². The van der Waals surface area contributed by atoms with Crippen LogP contribution in [-0.4, -0.2) is 17.7 Å². The molecule has 0 bridgehead atoms. The van der Waals surface area contributed by atoms with Gasteiger partial charge in [0.15, 0.2) is 0 Å². The van der Waals surface area contributed by atoms with Crippen molar-refractivity contribution >= 4 is 5.91 Å². The number of hydrogen-bond acceptors (Lipinski definition) is 3. The summed E-state index contributed by atoms with van der Waals surface area (Å²) >= 11 is 0. The van der Waals surface area contributed by atoms with Crippen LogP contribution in [0.2, 0.25) is 0 Å². The topological polar surface area (TPSA) is 58.6 Å². The molecule has 4 nitrogen and oxygen atoms in total. The largest absolute Gasteiger partial charge is 0.493 e. The third-order valence-corrected chi connectivity index (χ3v) is 1.52. The zero-order valence-electron chi connectivity index (χ0n) is 7.37. The van der Waals surface area contributed by atoms with E-state index in [1.807, 2.05) is 0 Å². The van der Waals surface area contributed by atoms with Crippen molar-refractivity contribution in [1.29, 1.82) is 0 Å². The van der Waals surface area contributed by atoms with Crippen LogP contribution in [0.15, 0.2) is 24.3 Å². The Kier molecular flexibility index (Phi) is 3.87. The first-order chi connectivity index (χ1) is 6.72. The van der Waals surface area contributed by atoms with E-state index in [2.05, 4.69) is 0 Å². The van der Waals surface area contributed by atoms with Crippen molar-refractivity contribution in [3.05, 3.63) is 30.1 Å². The summed E-state index contributed by atoms with van der Waals surface area (Å²) in [6.07, 6.45) is 0.0208. The number of ether oxygens (including phenoxy) is 1. The number of carbonyl (C=O) groups is 1. The molecule has 1 aromatic rings. The number of carbonyl (C=O) groups excluding carboxylic acids is 1. The highest BCUT2D eigenvalue weighted by molar-refractivity contribution is 5.74. The lowest BCUT2D eigenvalue weighted by Gasteiger charge is -2.04. The van der Waals surface area contributed by atoms with E-state index in [0.29, 0.717) is 5.75 Å². The quantitative estimate of drug-likeness (QED) is 0.564. The van der Waals surface area contributed by atoms with E-state index in [0.717, 1.165) is 0 Å². The van der Waals surface area contributed by atoms with E-state index in [1.165, 1.54) is 23.7 Å². The summed E-state index contributed by atoms with van der Waals surface area (Å²) in [5, 5.41) is 8.16. The molecule has 0 spiro atoms. The van der Waals surface area contributed by atoms with Gasteiger partial charge in [-0.1, -0.05) is 6.07 Å². The van der Waals surface area contributed by atoms with Crippen molar-refractivity contribution in [2.75, 3.05) is 6.61 Å². The molecule has 1 aromatic carbocycles. The molecule has 0 radical (unpaired) electrons. The predicted molar refractivity (Wildman–Crippen MR) is 46.4 cm³/mol. The van der Waals surface area contributed by atoms with Crippen LogP contribution >= 0.6 is 0 Å². The molecule has 0 aliphatic rings. The fourth-order valence-corrected chi connectivity index (χ4v) is 0.874. The van der Waals surface area contributed by atoms with Gasteiger partial charge in [0.2, 0.25) is 5.91 Å². The molecule has 0 aliphatic carbocycles. The molecule has 0 atom stereocenters.